The molecule has 0 spiro atoms. The van der Waals surface area contributed by atoms with Gasteiger partial charge < -0.3 is 9.64 Å². The third kappa shape index (κ3) is 3.77. The van der Waals surface area contributed by atoms with Crippen molar-refractivity contribution in [3.05, 3.63) is 16.0 Å². The summed E-state index contributed by atoms with van der Waals surface area (Å²) in [6.07, 6.45) is 3.25. The van der Waals surface area contributed by atoms with Gasteiger partial charge in [-0.1, -0.05) is 11.6 Å². The predicted molar refractivity (Wildman–Crippen MR) is 84.5 cm³/mol. The zero-order valence-electron chi connectivity index (χ0n) is 12.0. The SMILES string of the molecule is Clc1nc(Cl)c2c(n1)N(CCCCN1CCOCC1)CC2. The average molecular weight is 331 g/mol. The van der Waals surface area contributed by atoms with Crippen molar-refractivity contribution in [1.82, 2.24) is 14.9 Å². The molecule has 1 saturated heterocycles. The summed E-state index contributed by atoms with van der Waals surface area (Å²) in [7, 11) is 0. The first-order valence-electron chi connectivity index (χ1n) is 7.51. The maximum absolute atomic E-state index is 6.12. The Morgan fingerprint density at radius 3 is 2.57 bits per heavy atom. The summed E-state index contributed by atoms with van der Waals surface area (Å²) in [6.45, 7) is 6.97. The van der Waals surface area contributed by atoms with Gasteiger partial charge in [0.2, 0.25) is 5.28 Å². The third-order valence-electron chi connectivity index (χ3n) is 4.09. The van der Waals surface area contributed by atoms with Crippen LogP contribution in [0.2, 0.25) is 10.4 Å². The molecule has 0 bridgehead atoms. The summed E-state index contributed by atoms with van der Waals surface area (Å²) in [5.74, 6) is 0.923. The Labute approximate surface area is 135 Å². The van der Waals surface area contributed by atoms with Gasteiger partial charge in [0.1, 0.15) is 11.0 Å². The first kappa shape index (κ1) is 15.3. The van der Waals surface area contributed by atoms with Crippen LogP contribution in [0.15, 0.2) is 0 Å². The number of fused-ring (bicyclic) bond motifs is 1. The van der Waals surface area contributed by atoms with Crippen LogP contribution in [0, 0.1) is 0 Å². The lowest BCUT2D eigenvalue weighted by atomic mass is 10.2. The van der Waals surface area contributed by atoms with Gasteiger partial charge in [0, 0.05) is 31.7 Å². The minimum absolute atomic E-state index is 0.235. The van der Waals surface area contributed by atoms with Crippen LogP contribution in [-0.4, -0.2) is 60.8 Å². The molecule has 0 saturated carbocycles. The fourth-order valence-corrected chi connectivity index (χ4v) is 3.40. The van der Waals surface area contributed by atoms with Crippen LogP contribution in [0.3, 0.4) is 0 Å². The Kier molecular flexibility index (Phi) is 5.16. The number of rotatable bonds is 5. The second-order valence-corrected chi connectivity index (χ2v) is 6.18. The second-order valence-electron chi connectivity index (χ2n) is 5.48. The van der Waals surface area contributed by atoms with Crippen molar-refractivity contribution in [2.24, 2.45) is 0 Å². The Morgan fingerprint density at radius 2 is 1.76 bits per heavy atom. The molecule has 0 aromatic carbocycles. The molecule has 5 nitrogen and oxygen atoms in total. The van der Waals surface area contributed by atoms with E-state index in [1.807, 2.05) is 0 Å². The molecule has 3 heterocycles. The summed E-state index contributed by atoms with van der Waals surface area (Å²) in [5.41, 5.74) is 1.04. The molecule has 1 fully saturated rings. The lowest BCUT2D eigenvalue weighted by Crippen LogP contribution is -2.37. The highest BCUT2D eigenvalue weighted by Gasteiger charge is 2.24. The maximum atomic E-state index is 6.12. The summed E-state index contributed by atoms with van der Waals surface area (Å²) >= 11 is 12.0. The number of nitrogens with zero attached hydrogens (tertiary/aromatic N) is 4. The Bertz CT molecular complexity index is 494. The van der Waals surface area contributed by atoms with Crippen molar-refractivity contribution < 1.29 is 4.74 Å². The Morgan fingerprint density at radius 1 is 1.00 bits per heavy atom. The molecule has 0 radical (unpaired) electrons. The Hall–Kier alpha value is -0.620. The number of ether oxygens (including phenoxy) is 1. The molecule has 0 amide bonds. The molecule has 0 N–H and O–H groups in total. The normalized spacial score (nSPS) is 19.0. The first-order valence-corrected chi connectivity index (χ1v) is 8.26. The van der Waals surface area contributed by atoms with E-state index in [4.69, 9.17) is 27.9 Å². The van der Waals surface area contributed by atoms with Crippen molar-refractivity contribution >= 4 is 29.0 Å². The van der Waals surface area contributed by atoms with Gasteiger partial charge in [-0.3, -0.25) is 4.90 Å². The monoisotopic (exact) mass is 330 g/mol. The highest BCUT2D eigenvalue weighted by molar-refractivity contribution is 6.32. The van der Waals surface area contributed by atoms with Gasteiger partial charge in [-0.15, -0.1) is 0 Å². The molecule has 0 aliphatic carbocycles. The van der Waals surface area contributed by atoms with Crippen molar-refractivity contribution in [2.45, 2.75) is 19.3 Å². The van der Waals surface area contributed by atoms with Crippen LogP contribution < -0.4 is 4.90 Å². The molecule has 0 unspecified atom stereocenters. The fraction of sp³-hybridized carbons (Fsp3) is 0.714. The highest BCUT2D eigenvalue weighted by atomic mass is 35.5. The highest BCUT2D eigenvalue weighted by Crippen LogP contribution is 2.31. The molecule has 116 valence electrons. The standard InChI is InChI=1S/C14H20Cl2N4O/c15-12-11-3-6-20(13(11)18-14(16)17-12)5-2-1-4-19-7-9-21-10-8-19/h1-10H2. The van der Waals surface area contributed by atoms with Crippen LogP contribution in [0.5, 0.6) is 0 Å². The molecule has 2 aliphatic heterocycles. The van der Waals surface area contributed by atoms with E-state index in [-0.39, 0.29) is 5.28 Å². The van der Waals surface area contributed by atoms with E-state index >= 15 is 0 Å². The number of hydrogen-bond acceptors (Lipinski definition) is 5. The fourth-order valence-electron chi connectivity index (χ4n) is 2.93. The number of unbranched alkanes of at least 4 members (excludes halogenated alkanes) is 1. The minimum Gasteiger partial charge on any atom is -0.379 e. The first-order chi connectivity index (χ1) is 10.2. The number of halogens is 2. The lowest BCUT2D eigenvalue weighted by Gasteiger charge is -2.26. The van der Waals surface area contributed by atoms with Gasteiger partial charge in [-0.2, -0.15) is 0 Å². The van der Waals surface area contributed by atoms with Crippen molar-refractivity contribution in [3.8, 4) is 0 Å². The van der Waals surface area contributed by atoms with Crippen molar-refractivity contribution in [1.29, 1.82) is 0 Å². The summed E-state index contributed by atoms with van der Waals surface area (Å²) < 4.78 is 5.36. The molecule has 2 aliphatic rings. The molecular weight excluding hydrogens is 311 g/mol. The molecular formula is C14H20Cl2N4O. The van der Waals surface area contributed by atoms with Gasteiger partial charge in [0.05, 0.1) is 13.2 Å². The summed E-state index contributed by atoms with van der Waals surface area (Å²) in [5, 5.41) is 0.736. The molecule has 1 aromatic rings. The van der Waals surface area contributed by atoms with E-state index < -0.39 is 0 Å². The molecule has 0 atom stereocenters. The number of morpholine rings is 1. The van der Waals surface area contributed by atoms with Crippen LogP contribution in [0.4, 0.5) is 5.82 Å². The number of anilines is 1. The summed E-state index contributed by atoms with van der Waals surface area (Å²) in [6, 6.07) is 0. The quantitative estimate of drug-likeness (QED) is 0.470. The van der Waals surface area contributed by atoms with Crippen molar-refractivity contribution in [2.75, 3.05) is 50.8 Å². The van der Waals surface area contributed by atoms with Crippen LogP contribution in [0.25, 0.3) is 0 Å². The molecule has 3 rings (SSSR count). The maximum Gasteiger partial charge on any atom is 0.225 e. The third-order valence-corrected chi connectivity index (χ3v) is 4.58. The van der Waals surface area contributed by atoms with Gasteiger partial charge >= 0.3 is 0 Å². The summed E-state index contributed by atoms with van der Waals surface area (Å²) in [4.78, 5) is 13.1. The molecule has 7 heteroatoms. The van der Waals surface area contributed by atoms with Crippen molar-refractivity contribution in [3.63, 3.8) is 0 Å². The van der Waals surface area contributed by atoms with Crippen LogP contribution in [0.1, 0.15) is 18.4 Å². The average Bonchev–Trinajstić information content (AvgIpc) is 2.88. The smallest absolute Gasteiger partial charge is 0.225 e. The topological polar surface area (TPSA) is 41.5 Å². The molecule has 21 heavy (non-hydrogen) atoms. The van der Waals surface area contributed by atoms with Crippen LogP contribution in [-0.2, 0) is 11.2 Å². The van der Waals surface area contributed by atoms with E-state index in [0.29, 0.717) is 5.15 Å². The predicted octanol–water partition coefficient (Wildman–Crippen LogP) is 2.26. The second kappa shape index (κ2) is 7.09. The number of hydrogen-bond donors (Lipinski definition) is 0. The zero-order valence-corrected chi connectivity index (χ0v) is 13.5. The lowest BCUT2D eigenvalue weighted by molar-refractivity contribution is 0.0372. The van der Waals surface area contributed by atoms with Gasteiger partial charge in [0.25, 0.3) is 0 Å². The van der Waals surface area contributed by atoms with Gasteiger partial charge in [0.15, 0.2) is 0 Å². The van der Waals surface area contributed by atoms with Crippen LogP contribution >= 0.6 is 23.2 Å². The van der Waals surface area contributed by atoms with Gasteiger partial charge in [-0.25, -0.2) is 9.97 Å². The number of aromatic nitrogens is 2. The zero-order chi connectivity index (χ0) is 14.7. The van der Waals surface area contributed by atoms with E-state index in [1.54, 1.807) is 0 Å². The van der Waals surface area contributed by atoms with Gasteiger partial charge in [-0.05, 0) is 37.4 Å². The van der Waals surface area contributed by atoms with E-state index in [0.717, 1.165) is 70.2 Å². The van der Waals surface area contributed by atoms with E-state index in [1.165, 1.54) is 6.42 Å². The van der Waals surface area contributed by atoms with E-state index in [9.17, 15) is 0 Å². The minimum atomic E-state index is 0.235. The largest absolute Gasteiger partial charge is 0.379 e. The van der Waals surface area contributed by atoms with E-state index in [2.05, 4.69) is 19.8 Å². The molecule has 1 aromatic heterocycles. The Balaban J connectivity index is 1.47.